The van der Waals surface area contributed by atoms with Crippen LogP contribution in [0.1, 0.15) is 15.9 Å². The molecule has 0 spiro atoms. The minimum absolute atomic E-state index is 0.0295. The number of methoxy groups -OCH3 is 1. The van der Waals surface area contributed by atoms with Gasteiger partial charge in [-0.2, -0.15) is 0 Å². The van der Waals surface area contributed by atoms with Gasteiger partial charge >= 0.3 is 5.97 Å². The van der Waals surface area contributed by atoms with Crippen molar-refractivity contribution in [3.63, 3.8) is 0 Å². The van der Waals surface area contributed by atoms with Crippen molar-refractivity contribution in [3.8, 4) is 5.75 Å². The van der Waals surface area contributed by atoms with Crippen molar-refractivity contribution in [3.05, 3.63) is 65.7 Å². The summed E-state index contributed by atoms with van der Waals surface area (Å²) in [6, 6.07) is 9.34. The third-order valence-corrected chi connectivity index (χ3v) is 3.29. The molecule has 0 radical (unpaired) electrons. The minimum Gasteiger partial charge on any atom is -0.494 e. The van der Waals surface area contributed by atoms with Gasteiger partial charge in [0.2, 0.25) is 0 Å². The summed E-state index contributed by atoms with van der Waals surface area (Å²) in [5.41, 5.74) is 2.21. The third kappa shape index (κ3) is 3.26. The lowest BCUT2D eigenvalue weighted by molar-refractivity contribution is 0.0472. The van der Waals surface area contributed by atoms with E-state index in [4.69, 9.17) is 9.47 Å². The van der Waals surface area contributed by atoms with Gasteiger partial charge < -0.3 is 9.47 Å². The zero-order valence-electron chi connectivity index (χ0n) is 12.3. The molecule has 3 rings (SSSR count). The maximum absolute atomic E-state index is 13.6. The number of halogens is 1. The van der Waals surface area contributed by atoms with Crippen LogP contribution in [-0.2, 0) is 11.3 Å². The maximum Gasteiger partial charge on any atom is 0.338 e. The summed E-state index contributed by atoms with van der Waals surface area (Å²) in [6.45, 7) is -0.0295. The van der Waals surface area contributed by atoms with E-state index in [1.807, 2.05) is 0 Å². The Morgan fingerprint density at radius 3 is 2.61 bits per heavy atom. The van der Waals surface area contributed by atoms with Crippen molar-refractivity contribution >= 4 is 17.0 Å². The predicted molar refractivity (Wildman–Crippen MR) is 81.6 cm³/mol. The molecule has 0 saturated carbocycles. The van der Waals surface area contributed by atoms with Crippen LogP contribution in [0.25, 0.3) is 11.0 Å². The second-order valence-electron chi connectivity index (χ2n) is 4.80. The first-order chi connectivity index (χ1) is 11.2. The molecule has 0 fully saturated rings. The highest BCUT2D eigenvalue weighted by molar-refractivity contribution is 5.93. The van der Waals surface area contributed by atoms with Gasteiger partial charge in [-0.3, -0.25) is 9.97 Å². The molecular formula is C17H13FN2O3. The first-order valence-electron chi connectivity index (χ1n) is 6.87. The number of ether oxygens (including phenoxy) is 2. The van der Waals surface area contributed by atoms with E-state index in [-0.39, 0.29) is 12.4 Å². The predicted octanol–water partition coefficient (Wildman–Crippen LogP) is 3.13. The zero-order valence-corrected chi connectivity index (χ0v) is 12.3. The van der Waals surface area contributed by atoms with Crippen LogP contribution >= 0.6 is 0 Å². The van der Waals surface area contributed by atoms with E-state index >= 15 is 0 Å². The minimum atomic E-state index is -0.506. The zero-order chi connectivity index (χ0) is 16.2. The van der Waals surface area contributed by atoms with Gasteiger partial charge in [-0.1, -0.05) is 6.07 Å². The highest BCUT2D eigenvalue weighted by Gasteiger charge is 2.10. The molecule has 0 N–H and O–H groups in total. The number of fused-ring (bicyclic) bond motifs is 1. The van der Waals surface area contributed by atoms with Crippen LogP contribution in [0.5, 0.6) is 5.75 Å². The van der Waals surface area contributed by atoms with E-state index in [1.54, 1.807) is 36.7 Å². The Morgan fingerprint density at radius 1 is 1.09 bits per heavy atom. The Bertz CT molecular complexity index is 867. The molecule has 23 heavy (non-hydrogen) atoms. The lowest BCUT2D eigenvalue weighted by Gasteiger charge is -2.07. The SMILES string of the molecule is COc1ccc(COC(=O)c2ccc3nccnc3c2)cc1F. The van der Waals surface area contributed by atoms with Crippen LogP contribution in [0.4, 0.5) is 4.39 Å². The average Bonchev–Trinajstić information content (AvgIpc) is 2.59. The van der Waals surface area contributed by atoms with Crippen molar-refractivity contribution in [1.29, 1.82) is 0 Å². The Kier molecular flexibility index (Phi) is 4.14. The Labute approximate surface area is 131 Å². The summed E-state index contributed by atoms with van der Waals surface area (Å²) in [7, 11) is 1.39. The molecule has 6 heteroatoms. The molecule has 1 aromatic heterocycles. The second-order valence-corrected chi connectivity index (χ2v) is 4.80. The van der Waals surface area contributed by atoms with E-state index in [0.29, 0.717) is 22.2 Å². The molecule has 0 aliphatic carbocycles. The van der Waals surface area contributed by atoms with Gasteiger partial charge in [-0.15, -0.1) is 0 Å². The monoisotopic (exact) mass is 312 g/mol. The smallest absolute Gasteiger partial charge is 0.338 e. The summed E-state index contributed by atoms with van der Waals surface area (Å²) in [4.78, 5) is 20.4. The van der Waals surface area contributed by atoms with Gasteiger partial charge in [0.25, 0.3) is 0 Å². The van der Waals surface area contributed by atoms with Crippen LogP contribution in [0, 0.1) is 5.82 Å². The van der Waals surface area contributed by atoms with Gasteiger partial charge in [0.05, 0.1) is 23.7 Å². The first kappa shape index (κ1) is 14.9. The molecule has 0 bridgehead atoms. The molecule has 2 aromatic carbocycles. The molecule has 3 aromatic rings. The quantitative estimate of drug-likeness (QED) is 0.693. The number of carbonyl (C=O) groups is 1. The number of benzene rings is 2. The topological polar surface area (TPSA) is 61.3 Å². The molecule has 0 atom stereocenters. The second kappa shape index (κ2) is 6.39. The van der Waals surface area contributed by atoms with Crippen molar-refractivity contribution in [2.24, 2.45) is 0 Å². The molecule has 5 nitrogen and oxygen atoms in total. The molecule has 0 unspecified atom stereocenters. The lowest BCUT2D eigenvalue weighted by atomic mass is 10.2. The van der Waals surface area contributed by atoms with Crippen LogP contribution in [0.15, 0.2) is 48.8 Å². The molecule has 116 valence electrons. The Balaban J connectivity index is 1.72. The fourth-order valence-corrected chi connectivity index (χ4v) is 2.12. The van der Waals surface area contributed by atoms with Crippen molar-refractivity contribution in [2.75, 3.05) is 7.11 Å². The number of nitrogens with zero attached hydrogens (tertiary/aromatic N) is 2. The molecule has 1 heterocycles. The van der Waals surface area contributed by atoms with Gasteiger partial charge in [0.1, 0.15) is 6.61 Å². The molecular weight excluding hydrogens is 299 g/mol. The largest absolute Gasteiger partial charge is 0.494 e. The number of hydrogen-bond donors (Lipinski definition) is 0. The highest BCUT2D eigenvalue weighted by Crippen LogP contribution is 2.19. The number of esters is 1. The van der Waals surface area contributed by atoms with E-state index in [2.05, 4.69) is 9.97 Å². The molecule has 0 aliphatic rings. The Morgan fingerprint density at radius 2 is 1.87 bits per heavy atom. The summed E-state index contributed by atoms with van der Waals surface area (Å²) in [5, 5.41) is 0. The standard InChI is InChI=1S/C17H13FN2O3/c1-22-16-5-2-11(8-13(16)18)10-23-17(21)12-3-4-14-15(9-12)20-7-6-19-14/h2-9H,10H2,1H3. The highest BCUT2D eigenvalue weighted by atomic mass is 19.1. The van der Waals surface area contributed by atoms with Crippen molar-refractivity contribution < 1.29 is 18.7 Å². The normalized spacial score (nSPS) is 10.5. The molecule has 0 aliphatic heterocycles. The van der Waals surface area contributed by atoms with Gasteiger partial charge in [0.15, 0.2) is 11.6 Å². The molecule has 0 saturated heterocycles. The number of carbonyl (C=O) groups excluding carboxylic acids is 1. The van der Waals surface area contributed by atoms with Crippen molar-refractivity contribution in [2.45, 2.75) is 6.61 Å². The van der Waals surface area contributed by atoms with E-state index in [0.717, 1.165) is 0 Å². The van der Waals surface area contributed by atoms with E-state index < -0.39 is 11.8 Å². The first-order valence-corrected chi connectivity index (χ1v) is 6.87. The fraction of sp³-hybridized carbons (Fsp3) is 0.118. The number of rotatable bonds is 4. The maximum atomic E-state index is 13.6. The summed E-state index contributed by atoms with van der Waals surface area (Å²) in [5.74, 6) is -0.857. The van der Waals surface area contributed by atoms with Crippen molar-refractivity contribution in [1.82, 2.24) is 9.97 Å². The number of hydrogen-bond acceptors (Lipinski definition) is 5. The third-order valence-electron chi connectivity index (χ3n) is 3.29. The fourth-order valence-electron chi connectivity index (χ4n) is 2.12. The molecule has 0 amide bonds. The Hall–Kier alpha value is -3.02. The lowest BCUT2D eigenvalue weighted by Crippen LogP contribution is -2.05. The van der Waals surface area contributed by atoms with Crippen LogP contribution in [-0.4, -0.2) is 23.0 Å². The van der Waals surface area contributed by atoms with Crippen LogP contribution in [0.2, 0.25) is 0 Å². The van der Waals surface area contributed by atoms with Crippen LogP contribution in [0.3, 0.4) is 0 Å². The summed E-state index contributed by atoms with van der Waals surface area (Å²) < 4.78 is 23.6. The van der Waals surface area contributed by atoms with Crippen LogP contribution < -0.4 is 4.74 Å². The number of aromatic nitrogens is 2. The summed E-state index contributed by atoms with van der Waals surface area (Å²) in [6.07, 6.45) is 3.14. The van der Waals surface area contributed by atoms with Gasteiger partial charge in [-0.25, -0.2) is 9.18 Å². The van der Waals surface area contributed by atoms with Gasteiger partial charge in [0, 0.05) is 12.4 Å². The van der Waals surface area contributed by atoms with E-state index in [1.165, 1.54) is 19.2 Å². The summed E-state index contributed by atoms with van der Waals surface area (Å²) >= 11 is 0. The average molecular weight is 312 g/mol. The van der Waals surface area contributed by atoms with Gasteiger partial charge in [-0.05, 0) is 35.9 Å². The van der Waals surface area contributed by atoms with E-state index in [9.17, 15) is 9.18 Å².